The minimum Gasteiger partial charge on any atom is -0.436 e. The number of halogens is 1. The molecule has 0 bridgehead atoms. The van der Waals surface area contributed by atoms with Crippen molar-refractivity contribution in [1.82, 2.24) is 24.8 Å². The monoisotopic (exact) mass is 574 g/mol. The number of oxazole rings is 1. The molecule has 0 radical (unpaired) electrons. The van der Waals surface area contributed by atoms with Gasteiger partial charge < -0.3 is 30.2 Å². The summed E-state index contributed by atoms with van der Waals surface area (Å²) in [5, 5.41) is 9.12. The van der Waals surface area contributed by atoms with Gasteiger partial charge in [-0.15, -0.1) is 0 Å². The van der Waals surface area contributed by atoms with Crippen molar-refractivity contribution in [3.63, 3.8) is 0 Å². The third kappa shape index (κ3) is 7.67. The number of carbonyl (C=O) groups is 2. The van der Waals surface area contributed by atoms with Gasteiger partial charge in [0.2, 0.25) is 23.7 Å². The zero-order chi connectivity index (χ0) is 30.2. The molecule has 0 aliphatic heterocycles. The average Bonchev–Trinajstić information content (AvgIpc) is 3.38. The van der Waals surface area contributed by atoms with Crippen LogP contribution in [0.5, 0.6) is 0 Å². The quantitative estimate of drug-likeness (QED) is 0.203. The number of hydrogen-bond acceptors (Lipinski definition) is 9. The SMILES string of the molecule is CCCNc1nc(Nc2cccc(F)c2)ncc1-c1nc2ccc(NC(=O)[C@H](C)N(C)C(=O)/C=C/CN(C)C)cc2o1. The summed E-state index contributed by atoms with van der Waals surface area (Å²) in [4.78, 5) is 42.2. The molecule has 0 saturated carbocycles. The molecule has 11 nitrogen and oxygen atoms in total. The average molecular weight is 575 g/mol. The number of anilines is 4. The van der Waals surface area contributed by atoms with Crippen LogP contribution in [0, 0.1) is 5.82 Å². The number of nitrogens with zero attached hydrogens (tertiary/aromatic N) is 5. The van der Waals surface area contributed by atoms with E-state index >= 15 is 0 Å². The molecule has 0 aliphatic rings. The van der Waals surface area contributed by atoms with Crippen molar-refractivity contribution in [1.29, 1.82) is 0 Å². The van der Waals surface area contributed by atoms with Crippen LogP contribution in [0.25, 0.3) is 22.6 Å². The number of benzene rings is 2. The Labute approximate surface area is 243 Å². The minimum absolute atomic E-state index is 0.262. The summed E-state index contributed by atoms with van der Waals surface area (Å²) in [6.07, 6.45) is 5.66. The Morgan fingerprint density at radius 1 is 1.10 bits per heavy atom. The van der Waals surface area contributed by atoms with Crippen LogP contribution in [-0.2, 0) is 9.59 Å². The first kappa shape index (κ1) is 30.1. The van der Waals surface area contributed by atoms with Gasteiger partial charge in [-0.3, -0.25) is 9.59 Å². The zero-order valence-corrected chi connectivity index (χ0v) is 24.3. The summed E-state index contributed by atoms with van der Waals surface area (Å²) >= 11 is 0. The molecular weight excluding hydrogens is 539 g/mol. The van der Waals surface area contributed by atoms with E-state index in [-0.39, 0.29) is 23.6 Å². The maximum Gasteiger partial charge on any atom is 0.246 e. The number of carbonyl (C=O) groups excluding carboxylic acids is 2. The van der Waals surface area contributed by atoms with Crippen molar-refractivity contribution in [2.24, 2.45) is 0 Å². The Morgan fingerprint density at radius 2 is 1.90 bits per heavy atom. The maximum absolute atomic E-state index is 13.6. The van der Waals surface area contributed by atoms with Crippen molar-refractivity contribution in [3.05, 3.63) is 66.6 Å². The van der Waals surface area contributed by atoms with Gasteiger partial charge in [0.25, 0.3) is 0 Å². The lowest BCUT2D eigenvalue weighted by Crippen LogP contribution is -2.42. The number of rotatable bonds is 12. The largest absolute Gasteiger partial charge is 0.436 e. The minimum atomic E-state index is -0.702. The Balaban J connectivity index is 1.51. The molecule has 0 saturated heterocycles. The first-order valence-electron chi connectivity index (χ1n) is 13.6. The second-order valence-corrected chi connectivity index (χ2v) is 10.00. The van der Waals surface area contributed by atoms with Crippen LogP contribution in [0.2, 0.25) is 0 Å². The number of amides is 2. The van der Waals surface area contributed by atoms with E-state index in [1.54, 1.807) is 56.6 Å². The first-order chi connectivity index (χ1) is 20.1. The number of likely N-dealkylation sites (N-methyl/N-ethyl adjacent to an activating group) is 2. The molecule has 4 aromatic rings. The van der Waals surface area contributed by atoms with Crippen molar-refractivity contribution in [2.75, 3.05) is 50.2 Å². The first-order valence-corrected chi connectivity index (χ1v) is 13.6. The van der Waals surface area contributed by atoms with Gasteiger partial charge in [0.1, 0.15) is 23.2 Å². The number of fused-ring (bicyclic) bond motifs is 1. The normalized spacial score (nSPS) is 12.1. The molecule has 2 aromatic carbocycles. The van der Waals surface area contributed by atoms with E-state index in [0.29, 0.717) is 52.8 Å². The molecule has 0 unspecified atom stereocenters. The zero-order valence-electron chi connectivity index (χ0n) is 24.3. The summed E-state index contributed by atoms with van der Waals surface area (Å²) < 4.78 is 19.7. The molecule has 42 heavy (non-hydrogen) atoms. The van der Waals surface area contributed by atoms with Gasteiger partial charge in [0.15, 0.2) is 5.58 Å². The number of nitrogens with one attached hydrogen (secondary N) is 3. The number of hydrogen-bond donors (Lipinski definition) is 3. The van der Waals surface area contributed by atoms with E-state index in [9.17, 15) is 14.0 Å². The predicted octanol–water partition coefficient (Wildman–Crippen LogP) is 4.89. The van der Waals surface area contributed by atoms with Gasteiger partial charge in [0.05, 0.1) is 5.56 Å². The van der Waals surface area contributed by atoms with Crippen LogP contribution < -0.4 is 16.0 Å². The Hall–Kier alpha value is -4.84. The van der Waals surface area contributed by atoms with E-state index < -0.39 is 6.04 Å². The lowest BCUT2D eigenvalue weighted by Gasteiger charge is -2.23. The molecule has 0 fully saturated rings. The van der Waals surface area contributed by atoms with Crippen LogP contribution >= 0.6 is 0 Å². The van der Waals surface area contributed by atoms with Crippen molar-refractivity contribution < 1.29 is 18.4 Å². The lowest BCUT2D eigenvalue weighted by atomic mass is 10.2. The molecule has 2 aromatic heterocycles. The second kappa shape index (κ2) is 13.7. The standard InChI is InChI=1S/C30H35FN8O3/c1-6-14-32-27-23(18-33-30(37-27)35-21-10-7-9-20(31)16-21)29-36-24-13-12-22(17-25(24)42-29)34-28(41)19(2)39(5)26(40)11-8-15-38(3)4/h7-13,16-19H,6,14-15H2,1-5H3,(H,34,41)(H2,32,33,35,37)/b11-8+/t19-/m0/s1. The van der Waals surface area contributed by atoms with E-state index in [1.807, 2.05) is 25.9 Å². The molecule has 220 valence electrons. The van der Waals surface area contributed by atoms with Gasteiger partial charge in [0, 0.05) is 49.9 Å². The van der Waals surface area contributed by atoms with Gasteiger partial charge in [-0.2, -0.15) is 4.98 Å². The van der Waals surface area contributed by atoms with Crippen molar-refractivity contribution in [3.8, 4) is 11.5 Å². The van der Waals surface area contributed by atoms with E-state index in [4.69, 9.17) is 4.42 Å². The highest BCUT2D eigenvalue weighted by atomic mass is 19.1. The highest BCUT2D eigenvalue weighted by Crippen LogP contribution is 2.31. The van der Waals surface area contributed by atoms with Crippen LogP contribution in [0.4, 0.5) is 27.5 Å². The fourth-order valence-corrected chi connectivity index (χ4v) is 3.88. The van der Waals surface area contributed by atoms with Crippen LogP contribution in [-0.4, -0.2) is 76.8 Å². The van der Waals surface area contributed by atoms with E-state index in [2.05, 4.69) is 30.9 Å². The van der Waals surface area contributed by atoms with Gasteiger partial charge in [-0.05, 0) is 57.8 Å². The van der Waals surface area contributed by atoms with Crippen molar-refractivity contribution in [2.45, 2.75) is 26.3 Å². The Kier molecular flexibility index (Phi) is 9.81. The van der Waals surface area contributed by atoms with Gasteiger partial charge in [-0.25, -0.2) is 14.4 Å². The fourth-order valence-electron chi connectivity index (χ4n) is 3.88. The summed E-state index contributed by atoms with van der Waals surface area (Å²) in [5.74, 6) is 0.119. The third-order valence-corrected chi connectivity index (χ3v) is 6.34. The molecular formula is C30H35FN8O3. The topological polar surface area (TPSA) is 129 Å². The highest BCUT2D eigenvalue weighted by Gasteiger charge is 2.22. The molecule has 2 heterocycles. The Morgan fingerprint density at radius 3 is 2.64 bits per heavy atom. The molecule has 1 atom stereocenters. The molecule has 12 heteroatoms. The Bertz CT molecular complexity index is 1590. The highest BCUT2D eigenvalue weighted by molar-refractivity contribution is 5.99. The van der Waals surface area contributed by atoms with E-state index in [1.165, 1.54) is 23.1 Å². The van der Waals surface area contributed by atoms with Gasteiger partial charge in [-0.1, -0.05) is 19.1 Å². The molecule has 2 amide bonds. The number of aromatic nitrogens is 3. The van der Waals surface area contributed by atoms with Crippen molar-refractivity contribution >= 4 is 46.1 Å². The molecule has 0 spiro atoms. The van der Waals surface area contributed by atoms with Crippen LogP contribution in [0.1, 0.15) is 20.3 Å². The summed E-state index contributed by atoms with van der Waals surface area (Å²) in [6.45, 7) is 4.97. The second-order valence-electron chi connectivity index (χ2n) is 10.00. The summed E-state index contributed by atoms with van der Waals surface area (Å²) in [7, 11) is 5.40. The molecule has 4 rings (SSSR count). The molecule has 3 N–H and O–H groups in total. The van der Waals surface area contributed by atoms with Crippen LogP contribution in [0.3, 0.4) is 0 Å². The summed E-state index contributed by atoms with van der Waals surface area (Å²) in [5.41, 5.74) is 2.60. The summed E-state index contributed by atoms with van der Waals surface area (Å²) in [6, 6.07) is 10.5. The fraction of sp³-hybridized carbons (Fsp3) is 0.300. The molecule has 0 aliphatic carbocycles. The van der Waals surface area contributed by atoms with Gasteiger partial charge >= 0.3 is 0 Å². The third-order valence-electron chi connectivity index (χ3n) is 6.34. The van der Waals surface area contributed by atoms with E-state index in [0.717, 1.165) is 6.42 Å². The lowest BCUT2D eigenvalue weighted by molar-refractivity contribution is -0.132. The smallest absolute Gasteiger partial charge is 0.246 e. The maximum atomic E-state index is 13.6. The van der Waals surface area contributed by atoms with Crippen LogP contribution in [0.15, 0.2) is 65.2 Å². The predicted molar refractivity (Wildman–Crippen MR) is 162 cm³/mol.